The zero-order chi connectivity index (χ0) is 25.3. The second-order valence-electron chi connectivity index (χ2n) is 7.80. The molecule has 0 radical (unpaired) electrons. The van der Waals surface area contributed by atoms with Gasteiger partial charge in [0.15, 0.2) is 0 Å². The summed E-state index contributed by atoms with van der Waals surface area (Å²) in [5.74, 6) is 0.100. The van der Waals surface area contributed by atoms with E-state index in [4.69, 9.17) is 4.74 Å². The lowest BCUT2D eigenvalue weighted by atomic mass is 10.0. The number of pyridine rings is 1. The SMILES string of the molecule is Cc1[nH]c(=O)c(C(F)(F)F)cc1CC(C)OC(=O)N1CCN(c2ncc(C(F)(F)F)cn2)CC1. The van der Waals surface area contributed by atoms with E-state index in [0.29, 0.717) is 12.4 Å². The van der Waals surface area contributed by atoms with E-state index < -0.39 is 41.2 Å². The van der Waals surface area contributed by atoms with Crippen LogP contribution in [0.25, 0.3) is 0 Å². The van der Waals surface area contributed by atoms with Crippen molar-refractivity contribution in [2.24, 2.45) is 0 Å². The molecule has 1 saturated heterocycles. The monoisotopic (exact) mass is 493 g/mol. The Bertz CT molecular complexity index is 1080. The molecule has 0 aromatic carbocycles. The summed E-state index contributed by atoms with van der Waals surface area (Å²) in [5, 5.41) is 0. The fraction of sp³-hybridized carbons (Fsp3) is 0.500. The van der Waals surface area contributed by atoms with Gasteiger partial charge < -0.3 is 19.5 Å². The maximum atomic E-state index is 13.0. The van der Waals surface area contributed by atoms with Gasteiger partial charge in [0, 0.05) is 50.7 Å². The minimum atomic E-state index is -4.81. The first-order valence-corrected chi connectivity index (χ1v) is 10.2. The third-order valence-electron chi connectivity index (χ3n) is 5.25. The molecule has 1 aliphatic heterocycles. The van der Waals surface area contributed by atoms with Gasteiger partial charge >= 0.3 is 18.4 Å². The van der Waals surface area contributed by atoms with Crippen molar-refractivity contribution in [3.63, 3.8) is 0 Å². The van der Waals surface area contributed by atoms with Crippen LogP contribution in [0, 0.1) is 6.92 Å². The number of ether oxygens (including phenoxy) is 1. The van der Waals surface area contributed by atoms with Gasteiger partial charge in [0.25, 0.3) is 5.56 Å². The quantitative estimate of drug-likeness (QED) is 0.657. The number of carbonyl (C=O) groups excluding carboxylic acids is 1. The van der Waals surface area contributed by atoms with Crippen LogP contribution < -0.4 is 10.5 Å². The van der Waals surface area contributed by atoms with Gasteiger partial charge in [0.2, 0.25) is 5.95 Å². The molecular weight excluding hydrogens is 472 g/mol. The summed E-state index contributed by atoms with van der Waals surface area (Å²) in [6, 6.07) is 0.751. The molecule has 14 heteroatoms. The largest absolute Gasteiger partial charge is 0.446 e. The number of hydrogen-bond acceptors (Lipinski definition) is 6. The van der Waals surface area contributed by atoms with Crippen LogP contribution in [0.3, 0.4) is 0 Å². The number of piperazine rings is 1. The van der Waals surface area contributed by atoms with Crippen molar-refractivity contribution in [1.29, 1.82) is 0 Å². The van der Waals surface area contributed by atoms with Gasteiger partial charge in [-0.15, -0.1) is 0 Å². The Morgan fingerprint density at radius 3 is 2.21 bits per heavy atom. The zero-order valence-electron chi connectivity index (χ0n) is 18.1. The van der Waals surface area contributed by atoms with Crippen molar-refractivity contribution < 1.29 is 35.9 Å². The first-order chi connectivity index (χ1) is 15.8. The van der Waals surface area contributed by atoms with Crippen LogP contribution in [-0.4, -0.2) is 58.2 Å². The van der Waals surface area contributed by atoms with Crippen LogP contribution in [0.15, 0.2) is 23.3 Å². The highest BCUT2D eigenvalue weighted by Crippen LogP contribution is 2.29. The Labute approximate surface area is 189 Å². The standard InChI is InChI=1S/C20H21F6N5O3/c1-11(7-13-8-15(20(24,25)26)16(32)29-12(13)2)34-18(33)31-5-3-30(4-6-31)17-27-9-14(10-28-17)19(21,22)23/h8-11H,3-7H2,1-2H3,(H,29,32). The van der Waals surface area contributed by atoms with E-state index in [1.807, 2.05) is 0 Å². The minimum Gasteiger partial charge on any atom is -0.446 e. The maximum Gasteiger partial charge on any atom is 0.421 e. The van der Waals surface area contributed by atoms with Crippen molar-refractivity contribution in [1.82, 2.24) is 19.9 Å². The number of rotatable bonds is 4. The Hall–Kier alpha value is -3.32. The van der Waals surface area contributed by atoms with Crippen LogP contribution in [0.4, 0.5) is 37.1 Å². The molecule has 2 aromatic rings. The number of nitrogens with one attached hydrogen (secondary N) is 1. The number of alkyl halides is 6. The molecule has 1 amide bonds. The molecule has 1 unspecified atom stereocenters. The molecule has 1 fully saturated rings. The van der Waals surface area contributed by atoms with Crippen LogP contribution in [0.2, 0.25) is 0 Å². The predicted molar refractivity (Wildman–Crippen MR) is 107 cm³/mol. The van der Waals surface area contributed by atoms with Gasteiger partial charge in [-0.05, 0) is 25.5 Å². The van der Waals surface area contributed by atoms with Gasteiger partial charge in [-0.25, -0.2) is 14.8 Å². The van der Waals surface area contributed by atoms with Crippen LogP contribution in [0.1, 0.15) is 29.3 Å². The summed E-state index contributed by atoms with van der Waals surface area (Å²) in [6.45, 7) is 3.85. The topological polar surface area (TPSA) is 91.4 Å². The Kier molecular flexibility index (Phi) is 7.07. The summed E-state index contributed by atoms with van der Waals surface area (Å²) in [5.41, 5.74) is -3.10. The van der Waals surface area contributed by atoms with E-state index in [-0.39, 0.29) is 49.8 Å². The van der Waals surface area contributed by atoms with Crippen molar-refractivity contribution in [3.8, 4) is 0 Å². The van der Waals surface area contributed by atoms with E-state index in [2.05, 4.69) is 15.0 Å². The normalized spacial score (nSPS) is 15.9. The van der Waals surface area contributed by atoms with Crippen LogP contribution in [0.5, 0.6) is 0 Å². The van der Waals surface area contributed by atoms with E-state index in [1.54, 1.807) is 4.90 Å². The summed E-state index contributed by atoms with van der Waals surface area (Å²) >= 11 is 0. The molecule has 8 nitrogen and oxygen atoms in total. The van der Waals surface area contributed by atoms with Gasteiger partial charge in [-0.3, -0.25) is 4.79 Å². The molecular formula is C20H21F6N5O3. The van der Waals surface area contributed by atoms with E-state index >= 15 is 0 Å². The van der Waals surface area contributed by atoms with Gasteiger partial charge in [0.1, 0.15) is 11.7 Å². The Morgan fingerprint density at radius 2 is 1.68 bits per heavy atom. The molecule has 0 saturated carbocycles. The zero-order valence-corrected chi connectivity index (χ0v) is 18.1. The average Bonchev–Trinajstić information content (AvgIpc) is 2.74. The van der Waals surface area contributed by atoms with Crippen molar-refractivity contribution in [2.75, 3.05) is 31.1 Å². The first-order valence-electron chi connectivity index (χ1n) is 10.2. The highest BCUT2D eigenvalue weighted by Gasteiger charge is 2.35. The highest BCUT2D eigenvalue weighted by molar-refractivity contribution is 5.68. The second kappa shape index (κ2) is 9.50. The van der Waals surface area contributed by atoms with E-state index in [9.17, 15) is 35.9 Å². The van der Waals surface area contributed by atoms with Gasteiger partial charge in [-0.2, -0.15) is 26.3 Å². The number of anilines is 1. The average molecular weight is 493 g/mol. The van der Waals surface area contributed by atoms with Crippen molar-refractivity contribution >= 4 is 12.0 Å². The van der Waals surface area contributed by atoms with Crippen molar-refractivity contribution in [3.05, 3.63) is 51.2 Å². The van der Waals surface area contributed by atoms with Gasteiger partial charge in [-0.1, -0.05) is 0 Å². The maximum absolute atomic E-state index is 13.0. The first kappa shape index (κ1) is 25.3. The Morgan fingerprint density at radius 1 is 1.09 bits per heavy atom. The third kappa shape index (κ3) is 5.97. The number of aromatic nitrogens is 3. The molecule has 1 N–H and O–H groups in total. The third-order valence-corrected chi connectivity index (χ3v) is 5.25. The smallest absolute Gasteiger partial charge is 0.421 e. The lowest BCUT2D eigenvalue weighted by molar-refractivity contribution is -0.139. The van der Waals surface area contributed by atoms with Crippen molar-refractivity contribution in [2.45, 2.75) is 38.7 Å². The molecule has 0 aliphatic carbocycles. The minimum absolute atomic E-state index is 0.0448. The molecule has 1 aliphatic rings. The van der Waals surface area contributed by atoms with E-state index in [1.165, 1.54) is 18.7 Å². The summed E-state index contributed by atoms with van der Waals surface area (Å²) in [4.78, 5) is 36.6. The summed E-state index contributed by atoms with van der Waals surface area (Å²) in [6.07, 6.45) is -9.49. The molecule has 0 spiro atoms. The number of nitrogens with zero attached hydrogens (tertiary/aromatic N) is 4. The van der Waals surface area contributed by atoms with Gasteiger partial charge in [0.05, 0.1) is 5.56 Å². The fourth-order valence-electron chi connectivity index (χ4n) is 3.41. The molecule has 0 bridgehead atoms. The summed E-state index contributed by atoms with van der Waals surface area (Å²) < 4.78 is 82.3. The molecule has 2 aromatic heterocycles. The number of halogens is 6. The second-order valence-corrected chi connectivity index (χ2v) is 7.80. The molecule has 3 heterocycles. The molecule has 186 valence electrons. The number of aromatic amines is 1. The molecule has 34 heavy (non-hydrogen) atoms. The number of hydrogen-bond donors (Lipinski definition) is 1. The van der Waals surface area contributed by atoms with Crippen LogP contribution in [-0.2, 0) is 23.5 Å². The summed E-state index contributed by atoms with van der Waals surface area (Å²) in [7, 11) is 0. The van der Waals surface area contributed by atoms with E-state index in [0.717, 1.165) is 6.07 Å². The van der Waals surface area contributed by atoms with Crippen LogP contribution >= 0.6 is 0 Å². The number of H-pyrrole nitrogens is 1. The number of aryl methyl sites for hydroxylation is 1. The lowest BCUT2D eigenvalue weighted by Gasteiger charge is -2.34. The molecule has 1 atom stereocenters. The number of amides is 1. The predicted octanol–water partition coefficient (Wildman–Crippen LogP) is 3.40. The fourth-order valence-corrected chi connectivity index (χ4v) is 3.41. The Balaban J connectivity index is 1.56. The lowest BCUT2D eigenvalue weighted by Crippen LogP contribution is -2.50. The highest BCUT2D eigenvalue weighted by atomic mass is 19.4. The molecule has 3 rings (SSSR count). The number of carbonyl (C=O) groups is 1.